The van der Waals surface area contributed by atoms with Crippen LogP contribution in [0.25, 0.3) is 0 Å². The Hall–Kier alpha value is -2.54. The van der Waals surface area contributed by atoms with E-state index in [9.17, 15) is 4.79 Å². The van der Waals surface area contributed by atoms with Crippen LogP contribution in [-0.4, -0.2) is 33.1 Å². The summed E-state index contributed by atoms with van der Waals surface area (Å²) in [7, 11) is 0. The molecule has 3 aliphatic rings. The molecule has 148 valence electrons. The molecule has 0 amide bonds. The maximum Gasteiger partial charge on any atom is 0.232 e. The van der Waals surface area contributed by atoms with Crippen LogP contribution in [-0.2, 0) is 11.2 Å². The minimum absolute atomic E-state index is 0.309. The number of Topliss-reactive ketones (excluding diaryl/α,β-unsaturated/α-hetero) is 1. The lowest BCUT2D eigenvalue weighted by Gasteiger charge is -2.08. The van der Waals surface area contributed by atoms with Crippen LogP contribution in [0, 0.1) is 5.92 Å². The zero-order valence-electron chi connectivity index (χ0n) is 16.4. The van der Waals surface area contributed by atoms with E-state index in [1.54, 1.807) is 0 Å². The first-order valence-electron chi connectivity index (χ1n) is 10.2. The Kier molecular flexibility index (Phi) is 4.91. The first-order chi connectivity index (χ1) is 14.1. The number of ketones is 1. The lowest BCUT2D eigenvalue weighted by Crippen LogP contribution is -2.12. The maximum atomic E-state index is 12.0. The fourth-order valence-corrected chi connectivity index (χ4v) is 4.01. The predicted molar refractivity (Wildman–Crippen MR) is 113 cm³/mol. The van der Waals surface area contributed by atoms with E-state index in [2.05, 4.69) is 32.2 Å². The minimum Gasteiger partial charge on any atom is -0.309 e. The largest absolute Gasteiger partial charge is 0.309 e. The summed E-state index contributed by atoms with van der Waals surface area (Å²) in [5.41, 5.74) is 2.29. The van der Waals surface area contributed by atoms with Gasteiger partial charge in [-0.2, -0.15) is 9.97 Å². The summed E-state index contributed by atoms with van der Waals surface area (Å²) in [5, 5.41) is 3.91. The van der Waals surface area contributed by atoms with Crippen LogP contribution in [0.3, 0.4) is 0 Å². The highest BCUT2D eigenvalue weighted by Gasteiger charge is 2.29. The lowest BCUT2D eigenvalue weighted by molar-refractivity contribution is -0.119. The predicted octanol–water partition coefficient (Wildman–Crippen LogP) is 4.19. The van der Waals surface area contributed by atoms with Crippen molar-refractivity contribution in [2.24, 2.45) is 10.9 Å². The Bertz CT molecular complexity index is 1010. The molecule has 1 aromatic heterocycles. The molecule has 5 rings (SSSR count). The van der Waals surface area contributed by atoms with Crippen molar-refractivity contribution in [1.82, 2.24) is 15.0 Å². The van der Waals surface area contributed by atoms with Gasteiger partial charge in [0.15, 0.2) is 5.16 Å². The zero-order valence-corrected chi connectivity index (χ0v) is 17.2. The second kappa shape index (κ2) is 7.71. The fraction of sp³-hybridized carbons (Fsp3) is 0.409. The Morgan fingerprint density at radius 3 is 2.55 bits per heavy atom. The van der Waals surface area contributed by atoms with Crippen LogP contribution < -0.4 is 5.32 Å². The van der Waals surface area contributed by atoms with Crippen LogP contribution in [0.1, 0.15) is 49.9 Å². The molecular formula is C22H23N5OS. The van der Waals surface area contributed by atoms with Gasteiger partial charge >= 0.3 is 0 Å². The quantitative estimate of drug-likeness (QED) is 0.744. The molecule has 1 aromatic carbocycles. The molecule has 2 aliphatic carbocycles. The van der Waals surface area contributed by atoms with E-state index in [0.717, 1.165) is 54.3 Å². The van der Waals surface area contributed by atoms with Gasteiger partial charge in [0.05, 0.1) is 6.54 Å². The fourth-order valence-electron chi connectivity index (χ4n) is 3.25. The number of hydrogen-bond donors (Lipinski definition) is 1. The molecule has 2 saturated carbocycles. The Morgan fingerprint density at radius 1 is 1.10 bits per heavy atom. The molecular weight excluding hydrogens is 382 g/mol. The molecule has 0 radical (unpaired) electrons. The van der Waals surface area contributed by atoms with Gasteiger partial charge in [0.1, 0.15) is 17.4 Å². The molecule has 2 heterocycles. The van der Waals surface area contributed by atoms with Crippen molar-refractivity contribution >= 4 is 29.3 Å². The lowest BCUT2D eigenvalue weighted by atomic mass is 10.1. The molecule has 0 atom stereocenters. The van der Waals surface area contributed by atoms with Crippen molar-refractivity contribution in [2.75, 3.05) is 11.9 Å². The average Bonchev–Trinajstić information content (AvgIpc) is 3.61. The molecule has 1 aliphatic heterocycles. The van der Waals surface area contributed by atoms with Gasteiger partial charge in [-0.1, -0.05) is 12.1 Å². The molecule has 1 N–H and O–H groups in total. The Morgan fingerprint density at radius 2 is 1.90 bits per heavy atom. The zero-order chi connectivity index (χ0) is 19.8. The van der Waals surface area contributed by atoms with Crippen molar-refractivity contribution in [1.29, 1.82) is 0 Å². The van der Waals surface area contributed by atoms with E-state index >= 15 is 0 Å². The van der Waals surface area contributed by atoms with Crippen LogP contribution >= 0.6 is 11.8 Å². The number of benzene rings is 1. The highest BCUT2D eigenvalue weighted by atomic mass is 32.2. The van der Waals surface area contributed by atoms with Gasteiger partial charge in [0.25, 0.3) is 0 Å². The maximum absolute atomic E-state index is 12.0. The summed E-state index contributed by atoms with van der Waals surface area (Å²) < 4.78 is 0. The van der Waals surface area contributed by atoms with E-state index in [1.807, 2.05) is 30.3 Å². The summed E-state index contributed by atoms with van der Waals surface area (Å²) in [5.74, 6) is 3.33. The summed E-state index contributed by atoms with van der Waals surface area (Å²) in [6.07, 6.45) is 6.96. The SMILES string of the molecule is CC1=CC(Nc2nc(Sc3ccc(CC(=O)C4CC4)cc3)nc(C3CC3)n2)=NC1. The first kappa shape index (κ1) is 18.5. The number of amidine groups is 1. The van der Waals surface area contributed by atoms with Gasteiger partial charge in [-0.15, -0.1) is 0 Å². The summed E-state index contributed by atoms with van der Waals surface area (Å²) in [6, 6.07) is 8.15. The second-order valence-corrected chi connectivity index (χ2v) is 9.10. The van der Waals surface area contributed by atoms with Gasteiger partial charge < -0.3 is 5.32 Å². The number of carbonyl (C=O) groups excluding carboxylic acids is 1. The van der Waals surface area contributed by atoms with Gasteiger partial charge in [0, 0.05) is 23.2 Å². The summed E-state index contributed by atoms with van der Waals surface area (Å²) >= 11 is 1.52. The third-order valence-corrected chi connectivity index (χ3v) is 6.11. The smallest absolute Gasteiger partial charge is 0.232 e. The number of aliphatic imine (C=N–C) groups is 1. The number of hydrogen-bond acceptors (Lipinski definition) is 7. The molecule has 0 unspecified atom stereocenters. The van der Waals surface area contributed by atoms with Crippen LogP contribution in [0.4, 0.5) is 5.95 Å². The van der Waals surface area contributed by atoms with Crippen LogP contribution in [0.2, 0.25) is 0 Å². The van der Waals surface area contributed by atoms with Crippen molar-refractivity contribution in [3.05, 3.63) is 47.3 Å². The van der Waals surface area contributed by atoms with E-state index in [4.69, 9.17) is 0 Å². The number of rotatable bonds is 7. The summed E-state index contributed by atoms with van der Waals surface area (Å²) in [6.45, 7) is 2.78. The summed E-state index contributed by atoms with van der Waals surface area (Å²) in [4.78, 5) is 31.4. The van der Waals surface area contributed by atoms with Gasteiger partial charge in [0.2, 0.25) is 5.95 Å². The molecule has 0 saturated heterocycles. The van der Waals surface area contributed by atoms with E-state index in [-0.39, 0.29) is 0 Å². The molecule has 6 nitrogen and oxygen atoms in total. The molecule has 0 spiro atoms. The highest BCUT2D eigenvalue weighted by Crippen LogP contribution is 2.39. The van der Waals surface area contributed by atoms with Crippen molar-refractivity contribution in [3.8, 4) is 0 Å². The van der Waals surface area contributed by atoms with E-state index in [0.29, 0.717) is 35.1 Å². The van der Waals surface area contributed by atoms with Crippen molar-refractivity contribution in [2.45, 2.75) is 55.0 Å². The number of anilines is 1. The third kappa shape index (κ3) is 4.72. The second-order valence-electron chi connectivity index (χ2n) is 8.05. The number of carbonyl (C=O) groups is 1. The van der Waals surface area contributed by atoms with Crippen molar-refractivity contribution < 1.29 is 4.79 Å². The first-order valence-corrected chi connectivity index (χ1v) is 11.0. The number of nitrogens with one attached hydrogen (secondary N) is 1. The monoisotopic (exact) mass is 405 g/mol. The standard InChI is InChI=1S/C22H23N5OS/c1-13-10-19(23-12-13)24-21-25-20(16-6-7-16)26-22(27-21)29-17-8-2-14(3-9-17)11-18(28)15-4-5-15/h2-3,8-10,15-16H,4-7,11-12H2,1H3,(H,23,24,25,26,27). The van der Waals surface area contributed by atoms with Crippen molar-refractivity contribution in [3.63, 3.8) is 0 Å². The van der Waals surface area contributed by atoms with Gasteiger partial charge in [-0.3, -0.25) is 9.79 Å². The van der Waals surface area contributed by atoms with Crippen LogP contribution in [0.15, 0.2) is 51.0 Å². The normalized spacial score (nSPS) is 18.4. The highest BCUT2D eigenvalue weighted by molar-refractivity contribution is 7.99. The topological polar surface area (TPSA) is 80.1 Å². The molecule has 2 fully saturated rings. The molecule has 0 bridgehead atoms. The molecule has 29 heavy (non-hydrogen) atoms. The average molecular weight is 406 g/mol. The molecule has 2 aromatic rings. The minimum atomic E-state index is 0.309. The van der Waals surface area contributed by atoms with E-state index in [1.165, 1.54) is 17.3 Å². The Balaban J connectivity index is 1.31. The number of aromatic nitrogens is 3. The van der Waals surface area contributed by atoms with Gasteiger partial charge in [-0.25, -0.2) is 4.98 Å². The molecule has 7 heteroatoms. The van der Waals surface area contributed by atoms with Crippen LogP contribution in [0.5, 0.6) is 0 Å². The Labute approximate surface area is 174 Å². The van der Waals surface area contributed by atoms with Gasteiger partial charge in [-0.05, 0) is 73.7 Å². The van der Waals surface area contributed by atoms with E-state index < -0.39 is 0 Å². The number of nitrogens with zero attached hydrogens (tertiary/aromatic N) is 4. The third-order valence-electron chi connectivity index (χ3n) is 5.24.